The number of hydrogen-bond acceptors (Lipinski definition) is 6. The van der Waals surface area contributed by atoms with Crippen LogP contribution in [0.25, 0.3) is 0 Å². The van der Waals surface area contributed by atoms with Crippen molar-refractivity contribution >= 4 is 17.5 Å². The Bertz CT molecular complexity index is 1550. The lowest BCUT2D eigenvalue weighted by molar-refractivity contribution is -0.123. The summed E-state index contributed by atoms with van der Waals surface area (Å²) in [6.07, 6.45) is 0. The van der Waals surface area contributed by atoms with Gasteiger partial charge in [0.15, 0.2) is 11.5 Å². The fraction of sp³-hybridized carbons (Fsp3) is 0.188. The molecule has 0 spiro atoms. The molecule has 40 heavy (non-hydrogen) atoms. The number of carbonyl (C=O) groups is 2. The van der Waals surface area contributed by atoms with E-state index in [1.165, 1.54) is 0 Å². The van der Waals surface area contributed by atoms with Gasteiger partial charge >= 0.3 is 0 Å². The summed E-state index contributed by atoms with van der Waals surface area (Å²) in [5.74, 6) is 1.51. The maximum atomic E-state index is 14.1. The van der Waals surface area contributed by atoms with Crippen molar-refractivity contribution in [2.45, 2.75) is 18.5 Å². The molecule has 2 amide bonds. The predicted molar refractivity (Wildman–Crippen MR) is 149 cm³/mol. The first-order valence-electron chi connectivity index (χ1n) is 12.9. The molecule has 0 saturated heterocycles. The summed E-state index contributed by atoms with van der Waals surface area (Å²) in [7, 11) is 3.22. The molecule has 1 N–H and O–H groups in total. The normalized spacial score (nSPS) is 17.2. The monoisotopic (exact) mass is 536 g/mol. The van der Waals surface area contributed by atoms with Gasteiger partial charge in [-0.2, -0.15) is 0 Å². The number of fused-ring (bicyclic) bond motifs is 2. The van der Waals surface area contributed by atoms with E-state index in [-0.39, 0.29) is 18.6 Å². The molecule has 0 fully saturated rings. The van der Waals surface area contributed by atoms with Crippen molar-refractivity contribution < 1.29 is 28.5 Å². The van der Waals surface area contributed by atoms with Gasteiger partial charge in [0, 0.05) is 23.9 Å². The number of benzene rings is 4. The standard InChI is InChI=1S/C32H28N2O6/c1-37-23-12-7-20(8-13-23)18-33-31(35)29-25-5-3-4-6-26(25)32(36)34(22-11-16-27-28(17-22)40-19-39-27)30(29)21-9-14-24(38-2)15-10-21/h3-17,29-30H,18-19H2,1-2H3,(H,33,35)/t29-,30+/m1/s1. The van der Waals surface area contributed by atoms with E-state index in [1.807, 2.05) is 72.8 Å². The summed E-state index contributed by atoms with van der Waals surface area (Å²) in [6, 6.07) is 27.1. The number of anilines is 1. The molecule has 0 aliphatic carbocycles. The molecule has 2 atom stereocenters. The van der Waals surface area contributed by atoms with E-state index in [4.69, 9.17) is 18.9 Å². The molecule has 0 unspecified atom stereocenters. The first-order chi connectivity index (χ1) is 19.6. The van der Waals surface area contributed by atoms with E-state index < -0.39 is 12.0 Å². The highest BCUT2D eigenvalue weighted by molar-refractivity contribution is 6.11. The Kier molecular flexibility index (Phi) is 6.74. The second-order valence-electron chi connectivity index (χ2n) is 9.56. The van der Waals surface area contributed by atoms with Crippen molar-refractivity contribution in [3.05, 3.63) is 113 Å². The Morgan fingerprint density at radius 2 is 1.55 bits per heavy atom. The molecule has 2 heterocycles. The van der Waals surface area contributed by atoms with Crippen molar-refractivity contribution in [2.24, 2.45) is 0 Å². The zero-order valence-corrected chi connectivity index (χ0v) is 22.1. The largest absolute Gasteiger partial charge is 0.497 e. The van der Waals surface area contributed by atoms with Gasteiger partial charge in [-0.25, -0.2) is 0 Å². The summed E-state index contributed by atoms with van der Waals surface area (Å²) in [4.78, 5) is 29.9. The Hall–Kier alpha value is -4.98. The van der Waals surface area contributed by atoms with Gasteiger partial charge < -0.3 is 24.3 Å². The number of ether oxygens (including phenoxy) is 4. The van der Waals surface area contributed by atoms with Crippen molar-refractivity contribution in [2.75, 3.05) is 25.9 Å². The molecule has 0 aromatic heterocycles. The zero-order valence-electron chi connectivity index (χ0n) is 22.1. The van der Waals surface area contributed by atoms with Gasteiger partial charge in [0.2, 0.25) is 12.7 Å². The maximum absolute atomic E-state index is 14.1. The van der Waals surface area contributed by atoms with Gasteiger partial charge in [0.25, 0.3) is 5.91 Å². The number of carbonyl (C=O) groups excluding carboxylic acids is 2. The maximum Gasteiger partial charge on any atom is 0.259 e. The van der Waals surface area contributed by atoms with Crippen LogP contribution in [0.2, 0.25) is 0 Å². The Morgan fingerprint density at radius 3 is 2.27 bits per heavy atom. The minimum atomic E-state index is -0.689. The molecule has 0 radical (unpaired) electrons. The molecule has 8 heteroatoms. The van der Waals surface area contributed by atoms with Crippen LogP contribution in [-0.4, -0.2) is 32.8 Å². The quantitative estimate of drug-likeness (QED) is 0.348. The van der Waals surface area contributed by atoms with Crippen molar-refractivity contribution in [1.82, 2.24) is 5.32 Å². The SMILES string of the molecule is COc1ccc(CNC(=O)[C@@H]2c3ccccc3C(=O)N(c3ccc4c(c3)OCO4)[C@H]2c2ccc(OC)cc2)cc1. The zero-order chi connectivity index (χ0) is 27.6. The number of rotatable bonds is 7. The van der Waals surface area contributed by atoms with E-state index in [2.05, 4.69) is 5.32 Å². The highest BCUT2D eigenvalue weighted by Gasteiger charge is 2.45. The minimum Gasteiger partial charge on any atom is -0.497 e. The molecule has 0 saturated carbocycles. The fourth-order valence-corrected chi connectivity index (χ4v) is 5.32. The average Bonchev–Trinajstić information content (AvgIpc) is 3.48. The smallest absolute Gasteiger partial charge is 0.259 e. The molecule has 4 aromatic carbocycles. The summed E-state index contributed by atoms with van der Waals surface area (Å²) in [5.41, 5.74) is 3.50. The number of methoxy groups -OCH3 is 2. The third-order valence-electron chi connectivity index (χ3n) is 7.34. The van der Waals surface area contributed by atoms with Gasteiger partial charge in [-0.05, 0) is 59.2 Å². The van der Waals surface area contributed by atoms with E-state index >= 15 is 0 Å². The van der Waals surface area contributed by atoms with E-state index in [0.29, 0.717) is 40.6 Å². The molecular weight excluding hydrogens is 508 g/mol. The van der Waals surface area contributed by atoms with Crippen LogP contribution in [0.15, 0.2) is 91.0 Å². The molecule has 8 nitrogen and oxygen atoms in total. The topological polar surface area (TPSA) is 86.3 Å². The van der Waals surface area contributed by atoms with Crippen LogP contribution < -0.4 is 29.2 Å². The third kappa shape index (κ3) is 4.58. The van der Waals surface area contributed by atoms with Crippen LogP contribution in [0.1, 0.15) is 39.0 Å². The number of amides is 2. The van der Waals surface area contributed by atoms with Crippen LogP contribution in [0, 0.1) is 0 Å². The lowest BCUT2D eigenvalue weighted by atomic mass is 9.78. The number of nitrogens with one attached hydrogen (secondary N) is 1. The second kappa shape index (κ2) is 10.6. The highest BCUT2D eigenvalue weighted by Crippen LogP contribution is 2.47. The van der Waals surface area contributed by atoms with Crippen LogP contribution in [0.4, 0.5) is 5.69 Å². The summed E-state index contributed by atoms with van der Waals surface area (Å²) in [5, 5.41) is 3.11. The van der Waals surface area contributed by atoms with Crippen molar-refractivity contribution in [3.8, 4) is 23.0 Å². The van der Waals surface area contributed by atoms with Crippen molar-refractivity contribution in [3.63, 3.8) is 0 Å². The van der Waals surface area contributed by atoms with Gasteiger partial charge in [-0.1, -0.05) is 42.5 Å². The van der Waals surface area contributed by atoms with Crippen LogP contribution in [0.3, 0.4) is 0 Å². The van der Waals surface area contributed by atoms with Crippen LogP contribution in [-0.2, 0) is 11.3 Å². The fourth-order valence-electron chi connectivity index (χ4n) is 5.32. The highest BCUT2D eigenvalue weighted by atomic mass is 16.7. The molecule has 6 rings (SSSR count). The molecule has 202 valence electrons. The number of nitrogens with zero attached hydrogens (tertiary/aromatic N) is 1. The number of hydrogen-bond donors (Lipinski definition) is 1. The third-order valence-corrected chi connectivity index (χ3v) is 7.34. The Labute approximate surface area is 232 Å². The lowest BCUT2D eigenvalue weighted by Gasteiger charge is -2.42. The molecule has 0 bridgehead atoms. The van der Waals surface area contributed by atoms with E-state index in [0.717, 1.165) is 16.9 Å². The van der Waals surface area contributed by atoms with Gasteiger partial charge in [0.05, 0.1) is 26.2 Å². The van der Waals surface area contributed by atoms with Crippen molar-refractivity contribution in [1.29, 1.82) is 0 Å². The second-order valence-corrected chi connectivity index (χ2v) is 9.56. The Balaban J connectivity index is 1.44. The summed E-state index contributed by atoms with van der Waals surface area (Å²) in [6.45, 7) is 0.447. The van der Waals surface area contributed by atoms with Gasteiger partial charge in [-0.15, -0.1) is 0 Å². The molecular formula is C32H28N2O6. The first kappa shape index (κ1) is 25.3. The van der Waals surface area contributed by atoms with E-state index in [1.54, 1.807) is 37.3 Å². The van der Waals surface area contributed by atoms with Crippen LogP contribution >= 0.6 is 0 Å². The predicted octanol–water partition coefficient (Wildman–Crippen LogP) is 5.23. The Morgan fingerprint density at radius 1 is 0.875 bits per heavy atom. The summed E-state index contributed by atoms with van der Waals surface area (Å²) < 4.78 is 21.7. The van der Waals surface area contributed by atoms with E-state index in [9.17, 15) is 9.59 Å². The minimum absolute atomic E-state index is 0.119. The van der Waals surface area contributed by atoms with Crippen LogP contribution in [0.5, 0.6) is 23.0 Å². The lowest BCUT2D eigenvalue weighted by Crippen LogP contribution is -2.47. The first-order valence-corrected chi connectivity index (χ1v) is 12.9. The molecule has 2 aliphatic rings. The van der Waals surface area contributed by atoms with Gasteiger partial charge in [-0.3, -0.25) is 14.5 Å². The molecule has 2 aliphatic heterocycles. The molecule has 4 aromatic rings. The van der Waals surface area contributed by atoms with Gasteiger partial charge in [0.1, 0.15) is 11.5 Å². The average molecular weight is 537 g/mol. The summed E-state index contributed by atoms with van der Waals surface area (Å²) >= 11 is 0.